The van der Waals surface area contributed by atoms with E-state index in [-0.39, 0.29) is 35.7 Å². The van der Waals surface area contributed by atoms with Crippen molar-refractivity contribution in [1.29, 1.82) is 0 Å². The van der Waals surface area contributed by atoms with E-state index >= 15 is 0 Å². The fraction of sp³-hybridized carbons (Fsp3) is 0.412. The Kier molecular flexibility index (Phi) is 5.46. The van der Waals surface area contributed by atoms with Crippen LogP contribution < -0.4 is 16.1 Å². The SMILES string of the molecule is CC1CC(=O)NN=C1c1ccc(NC(=O)C2CS(=O)CCC(=O)N2)cc1. The van der Waals surface area contributed by atoms with Crippen LogP contribution in [0, 0.1) is 5.92 Å². The first-order valence-corrected chi connectivity index (χ1v) is 9.83. The van der Waals surface area contributed by atoms with Crippen LogP contribution in [0.25, 0.3) is 0 Å². The van der Waals surface area contributed by atoms with E-state index < -0.39 is 22.7 Å². The monoisotopic (exact) mass is 376 g/mol. The van der Waals surface area contributed by atoms with Crippen molar-refractivity contribution in [3.63, 3.8) is 0 Å². The quantitative estimate of drug-likeness (QED) is 0.695. The third kappa shape index (κ3) is 4.34. The Morgan fingerprint density at radius 1 is 1.23 bits per heavy atom. The molecule has 0 spiro atoms. The van der Waals surface area contributed by atoms with Gasteiger partial charge in [0.1, 0.15) is 6.04 Å². The molecule has 0 bridgehead atoms. The van der Waals surface area contributed by atoms with E-state index in [4.69, 9.17) is 0 Å². The lowest BCUT2D eigenvalue weighted by Gasteiger charge is -2.19. The van der Waals surface area contributed by atoms with Crippen LogP contribution in [0.5, 0.6) is 0 Å². The summed E-state index contributed by atoms with van der Waals surface area (Å²) in [4.78, 5) is 35.3. The lowest BCUT2D eigenvalue weighted by molar-refractivity contribution is -0.125. The summed E-state index contributed by atoms with van der Waals surface area (Å²) in [5.41, 5.74) is 4.69. The molecule has 3 atom stereocenters. The van der Waals surface area contributed by atoms with Gasteiger partial charge in [-0.3, -0.25) is 18.6 Å². The molecule has 1 aromatic carbocycles. The highest BCUT2D eigenvalue weighted by molar-refractivity contribution is 7.85. The zero-order valence-electron chi connectivity index (χ0n) is 14.3. The molecular formula is C17H20N4O4S. The summed E-state index contributed by atoms with van der Waals surface area (Å²) in [6.45, 7) is 1.93. The second-order valence-corrected chi connectivity index (χ2v) is 8.01. The molecule has 3 amide bonds. The Labute approximate surface area is 153 Å². The predicted molar refractivity (Wildman–Crippen MR) is 98.0 cm³/mol. The smallest absolute Gasteiger partial charge is 0.247 e. The second kappa shape index (κ2) is 7.77. The molecule has 2 heterocycles. The van der Waals surface area contributed by atoms with E-state index in [1.54, 1.807) is 12.1 Å². The van der Waals surface area contributed by atoms with Crippen molar-refractivity contribution in [1.82, 2.24) is 10.7 Å². The maximum Gasteiger partial charge on any atom is 0.247 e. The number of hydrazone groups is 1. The largest absolute Gasteiger partial charge is 0.343 e. The highest BCUT2D eigenvalue weighted by Crippen LogP contribution is 2.18. The lowest BCUT2D eigenvalue weighted by atomic mass is 9.94. The zero-order chi connectivity index (χ0) is 18.7. The van der Waals surface area contributed by atoms with Crippen molar-refractivity contribution in [2.45, 2.75) is 25.8 Å². The molecular weight excluding hydrogens is 356 g/mol. The fourth-order valence-corrected chi connectivity index (χ4v) is 4.07. The number of amides is 3. The van der Waals surface area contributed by atoms with Gasteiger partial charge in [-0.2, -0.15) is 5.10 Å². The molecule has 0 aliphatic carbocycles. The van der Waals surface area contributed by atoms with E-state index in [0.717, 1.165) is 11.3 Å². The van der Waals surface area contributed by atoms with Crippen LogP contribution >= 0.6 is 0 Å². The average molecular weight is 376 g/mol. The molecule has 2 aliphatic rings. The number of anilines is 1. The fourth-order valence-electron chi connectivity index (χ4n) is 2.88. The van der Waals surface area contributed by atoms with Crippen molar-refractivity contribution in [2.75, 3.05) is 16.8 Å². The molecule has 9 heteroatoms. The Bertz CT molecular complexity index is 772. The summed E-state index contributed by atoms with van der Waals surface area (Å²) in [7, 11) is -1.20. The maximum atomic E-state index is 12.4. The second-order valence-electron chi connectivity index (χ2n) is 6.38. The van der Waals surface area contributed by atoms with Crippen molar-refractivity contribution in [3.05, 3.63) is 29.8 Å². The molecule has 26 heavy (non-hydrogen) atoms. The van der Waals surface area contributed by atoms with Gasteiger partial charge in [0.25, 0.3) is 0 Å². The first kappa shape index (κ1) is 18.2. The van der Waals surface area contributed by atoms with Crippen LogP contribution in [0.2, 0.25) is 0 Å². The van der Waals surface area contributed by atoms with E-state index in [0.29, 0.717) is 12.1 Å². The summed E-state index contributed by atoms with van der Waals surface area (Å²) in [5, 5.41) is 9.43. The van der Waals surface area contributed by atoms with E-state index in [9.17, 15) is 18.6 Å². The molecule has 1 fully saturated rings. The zero-order valence-corrected chi connectivity index (χ0v) is 15.1. The van der Waals surface area contributed by atoms with Gasteiger partial charge in [-0.05, 0) is 17.7 Å². The van der Waals surface area contributed by atoms with Gasteiger partial charge < -0.3 is 10.6 Å². The third-order valence-electron chi connectivity index (χ3n) is 4.27. The molecule has 1 saturated heterocycles. The highest BCUT2D eigenvalue weighted by atomic mass is 32.2. The van der Waals surface area contributed by atoms with Gasteiger partial charge >= 0.3 is 0 Å². The molecule has 1 aromatic rings. The minimum Gasteiger partial charge on any atom is -0.343 e. The normalized spacial score (nSPS) is 26.2. The molecule has 3 N–H and O–H groups in total. The molecule has 3 unspecified atom stereocenters. The number of hydrogen-bond donors (Lipinski definition) is 3. The van der Waals surface area contributed by atoms with Gasteiger partial charge in [0.2, 0.25) is 17.7 Å². The first-order valence-electron chi connectivity index (χ1n) is 8.34. The van der Waals surface area contributed by atoms with Crippen LogP contribution in [0.3, 0.4) is 0 Å². The topological polar surface area (TPSA) is 117 Å². The van der Waals surface area contributed by atoms with Crippen LogP contribution in [0.1, 0.15) is 25.3 Å². The number of carbonyl (C=O) groups excluding carboxylic acids is 3. The van der Waals surface area contributed by atoms with E-state index in [1.165, 1.54) is 0 Å². The van der Waals surface area contributed by atoms with Crippen LogP contribution in [0.15, 0.2) is 29.4 Å². The predicted octanol–water partition coefficient (Wildman–Crippen LogP) is 0.122. The highest BCUT2D eigenvalue weighted by Gasteiger charge is 2.27. The van der Waals surface area contributed by atoms with Gasteiger partial charge in [-0.25, -0.2) is 5.43 Å². The number of benzene rings is 1. The van der Waals surface area contributed by atoms with Crippen molar-refractivity contribution >= 4 is 39.9 Å². The molecule has 2 aliphatic heterocycles. The summed E-state index contributed by atoms with van der Waals surface area (Å²) >= 11 is 0. The molecule has 3 rings (SSSR count). The molecule has 0 radical (unpaired) electrons. The third-order valence-corrected chi connectivity index (χ3v) is 5.63. The van der Waals surface area contributed by atoms with Gasteiger partial charge in [0.05, 0.1) is 11.5 Å². The van der Waals surface area contributed by atoms with E-state index in [1.807, 2.05) is 19.1 Å². The van der Waals surface area contributed by atoms with Crippen LogP contribution in [-0.2, 0) is 25.2 Å². The van der Waals surface area contributed by atoms with Gasteiger partial charge in [0.15, 0.2) is 0 Å². The van der Waals surface area contributed by atoms with Crippen LogP contribution in [0.4, 0.5) is 5.69 Å². The summed E-state index contributed by atoms with van der Waals surface area (Å²) in [6.07, 6.45) is 0.553. The Balaban J connectivity index is 1.67. The van der Waals surface area contributed by atoms with E-state index in [2.05, 4.69) is 21.2 Å². The van der Waals surface area contributed by atoms with Crippen molar-refractivity contribution < 1.29 is 18.6 Å². The molecule has 8 nitrogen and oxygen atoms in total. The van der Waals surface area contributed by atoms with Gasteiger partial charge in [-0.15, -0.1) is 0 Å². The Morgan fingerprint density at radius 2 is 1.96 bits per heavy atom. The number of nitrogens with zero attached hydrogens (tertiary/aromatic N) is 1. The van der Waals surface area contributed by atoms with Crippen LogP contribution in [-0.4, -0.2) is 45.2 Å². The van der Waals surface area contributed by atoms with Gasteiger partial charge in [-0.1, -0.05) is 19.1 Å². The summed E-state index contributed by atoms with van der Waals surface area (Å²) in [6, 6.07) is 6.28. The Hall–Kier alpha value is -2.55. The Morgan fingerprint density at radius 3 is 2.65 bits per heavy atom. The number of rotatable bonds is 3. The standard InChI is InChI=1S/C17H20N4O4S/c1-10-8-15(23)20-21-16(10)11-2-4-12(5-3-11)18-17(24)13-9-26(25)7-6-14(22)19-13/h2-5,10,13H,6-9H2,1H3,(H,18,24)(H,19,22)(H,20,23). The number of hydrogen-bond acceptors (Lipinski definition) is 5. The van der Waals surface area contributed by atoms with Crippen molar-refractivity contribution in [3.8, 4) is 0 Å². The summed E-state index contributed by atoms with van der Waals surface area (Å²) < 4.78 is 11.8. The lowest BCUT2D eigenvalue weighted by Crippen LogP contribution is -2.45. The maximum absolute atomic E-state index is 12.4. The minimum absolute atomic E-state index is 0.0142. The molecule has 0 saturated carbocycles. The average Bonchev–Trinajstić information content (AvgIpc) is 2.77. The molecule has 0 aromatic heterocycles. The number of nitrogens with one attached hydrogen (secondary N) is 3. The minimum atomic E-state index is -1.20. The number of carbonyl (C=O) groups is 3. The van der Waals surface area contributed by atoms with Crippen molar-refractivity contribution in [2.24, 2.45) is 11.0 Å². The van der Waals surface area contributed by atoms with Gasteiger partial charge in [0, 0.05) is 41.0 Å². The molecule has 138 valence electrons. The first-order chi connectivity index (χ1) is 12.4. The summed E-state index contributed by atoms with van der Waals surface area (Å²) in [5.74, 6) is -0.354.